The molecule has 0 aliphatic carbocycles. The molecule has 1 aromatic heterocycles. The Kier molecular flexibility index (Phi) is 7.17. The van der Waals surface area contributed by atoms with Crippen molar-refractivity contribution in [3.8, 4) is 44.6 Å². The first-order valence-electron chi connectivity index (χ1n) is 14.3. The fraction of sp³-hybridized carbons (Fsp3) is 0. The van der Waals surface area contributed by atoms with Gasteiger partial charge in [0.2, 0.25) is 0 Å². The summed E-state index contributed by atoms with van der Waals surface area (Å²) in [6.45, 7) is 0. The molecule has 0 bridgehead atoms. The number of nitrogens with zero attached hydrogens (tertiary/aromatic N) is 1. The van der Waals surface area contributed by atoms with Crippen LogP contribution in [-0.4, -0.2) is 4.98 Å². The zero-order chi connectivity index (χ0) is 27.9. The Morgan fingerprint density at radius 2 is 1.00 bits per heavy atom. The molecule has 0 saturated heterocycles. The molecule has 0 unspecified atom stereocenters. The molecule has 205 valence electrons. The molecule has 0 spiro atoms. The number of fused-ring (bicyclic) bond motifs is 3. The van der Waals surface area contributed by atoms with Crippen LogP contribution in [-0.2, 0) is 20.1 Å². The maximum Gasteiger partial charge on any atom is 0.0160 e. The topological polar surface area (TPSA) is 12.9 Å². The summed E-state index contributed by atoms with van der Waals surface area (Å²) in [7, 11) is 0. The fourth-order valence-electron chi connectivity index (χ4n) is 6.33. The van der Waals surface area contributed by atoms with Crippen LogP contribution in [0.4, 0.5) is 0 Å². The molecule has 1 radical (unpaired) electrons. The van der Waals surface area contributed by atoms with Crippen molar-refractivity contribution in [3.63, 3.8) is 0 Å². The predicted molar refractivity (Wildman–Crippen MR) is 177 cm³/mol. The van der Waals surface area contributed by atoms with Crippen LogP contribution in [0.15, 0.2) is 158 Å². The molecule has 8 aromatic rings. The summed E-state index contributed by atoms with van der Waals surface area (Å²) in [4.78, 5) is 4.58. The third kappa shape index (κ3) is 4.76. The van der Waals surface area contributed by atoms with E-state index >= 15 is 0 Å². The van der Waals surface area contributed by atoms with Gasteiger partial charge in [0, 0.05) is 26.3 Å². The van der Waals surface area contributed by atoms with Gasteiger partial charge in [-0.05, 0) is 71.9 Å². The van der Waals surface area contributed by atoms with Crippen molar-refractivity contribution in [1.82, 2.24) is 4.98 Å². The van der Waals surface area contributed by atoms with Gasteiger partial charge in [0.1, 0.15) is 0 Å². The minimum absolute atomic E-state index is 0. The number of hydrogen-bond donors (Lipinski definition) is 0. The quantitative estimate of drug-likeness (QED) is 0.165. The van der Waals surface area contributed by atoms with Gasteiger partial charge in [0.05, 0.1) is 0 Å². The van der Waals surface area contributed by atoms with E-state index in [4.69, 9.17) is 0 Å². The third-order valence-corrected chi connectivity index (χ3v) is 8.25. The van der Waals surface area contributed by atoms with Gasteiger partial charge in [-0.3, -0.25) is 0 Å². The van der Waals surface area contributed by atoms with Crippen molar-refractivity contribution in [1.29, 1.82) is 0 Å². The SMILES string of the molecule is [Ir].[c-]1ccc(-c2ccc(-c3cccc4ccccc34)c3c(-c4cccc5ccccc45)cccc23)cc1-c1ccccn1. The van der Waals surface area contributed by atoms with Gasteiger partial charge in [-0.1, -0.05) is 127 Å². The normalized spacial score (nSPS) is 11.1. The Labute approximate surface area is 264 Å². The first-order chi connectivity index (χ1) is 20.8. The van der Waals surface area contributed by atoms with E-state index in [0.29, 0.717) is 0 Å². The summed E-state index contributed by atoms with van der Waals surface area (Å²) in [5, 5.41) is 7.49. The first kappa shape index (κ1) is 27.0. The summed E-state index contributed by atoms with van der Waals surface area (Å²) >= 11 is 0. The number of benzene rings is 7. The van der Waals surface area contributed by atoms with Crippen molar-refractivity contribution < 1.29 is 20.1 Å². The molecule has 7 aromatic carbocycles. The van der Waals surface area contributed by atoms with E-state index in [1.807, 2.05) is 30.5 Å². The van der Waals surface area contributed by atoms with Crippen LogP contribution >= 0.6 is 0 Å². The Hall–Kier alpha value is -4.88. The van der Waals surface area contributed by atoms with Gasteiger partial charge in [-0.25, -0.2) is 0 Å². The van der Waals surface area contributed by atoms with E-state index < -0.39 is 0 Å². The Morgan fingerprint density at radius 3 is 1.70 bits per heavy atom. The average molecular weight is 725 g/mol. The van der Waals surface area contributed by atoms with Crippen LogP contribution in [0.5, 0.6) is 0 Å². The summed E-state index contributed by atoms with van der Waals surface area (Å²) in [6.07, 6.45) is 1.83. The maximum absolute atomic E-state index is 4.58. The van der Waals surface area contributed by atoms with Crippen molar-refractivity contribution in [2.24, 2.45) is 0 Å². The van der Waals surface area contributed by atoms with E-state index in [1.165, 1.54) is 60.1 Å². The second-order valence-electron chi connectivity index (χ2n) is 10.6. The summed E-state index contributed by atoms with van der Waals surface area (Å²) in [5.41, 5.74) is 9.22. The summed E-state index contributed by atoms with van der Waals surface area (Å²) in [6, 6.07) is 57.7. The van der Waals surface area contributed by atoms with Crippen LogP contribution in [0.2, 0.25) is 0 Å². The minimum Gasteiger partial charge on any atom is -0.305 e. The number of rotatable bonds is 4. The van der Waals surface area contributed by atoms with E-state index in [0.717, 1.165) is 16.8 Å². The molecular formula is C41H26IrN-. The van der Waals surface area contributed by atoms with Crippen LogP contribution in [0.3, 0.4) is 0 Å². The molecule has 1 heterocycles. The summed E-state index contributed by atoms with van der Waals surface area (Å²) < 4.78 is 0. The van der Waals surface area contributed by atoms with Crippen molar-refractivity contribution in [2.75, 3.05) is 0 Å². The molecular weight excluding hydrogens is 699 g/mol. The van der Waals surface area contributed by atoms with E-state index in [9.17, 15) is 0 Å². The van der Waals surface area contributed by atoms with Crippen molar-refractivity contribution in [3.05, 3.63) is 164 Å². The molecule has 0 N–H and O–H groups in total. The van der Waals surface area contributed by atoms with Crippen LogP contribution in [0.25, 0.3) is 77.0 Å². The van der Waals surface area contributed by atoms with Gasteiger partial charge in [-0.15, -0.1) is 35.4 Å². The standard InChI is InChI=1S/C41H26N.Ir/c1-3-17-32-28(11-1)13-8-19-35(32)38-22-10-21-37-34(30-15-7-16-31(27-30)40-23-5-6-26-42-40)24-25-39(41(37)38)36-20-9-14-29-12-2-4-18-33(29)36;/h1-15,17-27H;/q-1;. The van der Waals surface area contributed by atoms with Crippen LogP contribution in [0, 0.1) is 6.07 Å². The molecule has 0 fully saturated rings. The number of pyridine rings is 1. The van der Waals surface area contributed by atoms with Gasteiger partial charge in [0.15, 0.2) is 0 Å². The molecule has 43 heavy (non-hydrogen) atoms. The fourth-order valence-corrected chi connectivity index (χ4v) is 6.33. The van der Waals surface area contributed by atoms with Gasteiger partial charge in [0.25, 0.3) is 0 Å². The number of aromatic nitrogens is 1. The first-order valence-corrected chi connectivity index (χ1v) is 14.3. The Bertz CT molecular complexity index is 2160. The van der Waals surface area contributed by atoms with Crippen LogP contribution in [0.1, 0.15) is 0 Å². The largest absolute Gasteiger partial charge is 0.305 e. The third-order valence-electron chi connectivity index (χ3n) is 8.25. The minimum atomic E-state index is 0. The molecule has 2 heteroatoms. The zero-order valence-corrected chi connectivity index (χ0v) is 25.7. The number of hydrogen-bond acceptors (Lipinski definition) is 1. The molecule has 1 nitrogen and oxygen atoms in total. The Morgan fingerprint density at radius 1 is 0.442 bits per heavy atom. The van der Waals surface area contributed by atoms with E-state index in [2.05, 4.69) is 138 Å². The zero-order valence-electron chi connectivity index (χ0n) is 23.3. The second-order valence-corrected chi connectivity index (χ2v) is 10.6. The molecule has 0 atom stereocenters. The van der Waals surface area contributed by atoms with Gasteiger partial charge in [-0.2, -0.15) is 0 Å². The van der Waals surface area contributed by atoms with Crippen LogP contribution < -0.4 is 0 Å². The van der Waals surface area contributed by atoms with Crippen molar-refractivity contribution in [2.45, 2.75) is 0 Å². The molecule has 0 amide bonds. The van der Waals surface area contributed by atoms with Gasteiger partial charge >= 0.3 is 0 Å². The van der Waals surface area contributed by atoms with E-state index in [1.54, 1.807) is 0 Å². The second kappa shape index (κ2) is 11.4. The maximum atomic E-state index is 4.58. The van der Waals surface area contributed by atoms with Crippen molar-refractivity contribution >= 4 is 32.3 Å². The smallest absolute Gasteiger partial charge is 0.0160 e. The molecule has 8 rings (SSSR count). The molecule has 0 aliphatic heterocycles. The molecule has 0 saturated carbocycles. The van der Waals surface area contributed by atoms with Gasteiger partial charge < -0.3 is 4.98 Å². The average Bonchev–Trinajstić information content (AvgIpc) is 3.07. The monoisotopic (exact) mass is 725 g/mol. The molecule has 0 aliphatic rings. The van der Waals surface area contributed by atoms with E-state index in [-0.39, 0.29) is 20.1 Å². The Balaban J connectivity index is 0.00000300. The summed E-state index contributed by atoms with van der Waals surface area (Å²) in [5.74, 6) is 0. The predicted octanol–water partition coefficient (Wildman–Crippen LogP) is 11.0.